The van der Waals surface area contributed by atoms with Crippen molar-refractivity contribution in [1.29, 1.82) is 0 Å². The molecule has 116 valence electrons. The topological polar surface area (TPSA) is 52.3 Å². The lowest BCUT2D eigenvalue weighted by Gasteiger charge is -2.04. The lowest BCUT2D eigenvalue weighted by molar-refractivity contribution is -0.134. The fourth-order valence-corrected chi connectivity index (χ4v) is 2.25. The molecular weight excluding hydrogens is 314 g/mol. The molecule has 0 radical (unpaired) electrons. The Kier molecular flexibility index (Phi) is 4.74. The van der Waals surface area contributed by atoms with Gasteiger partial charge in [0.15, 0.2) is 11.7 Å². The van der Waals surface area contributed by atoms with E-state index in [1.54, 1.807) is 30.5 Å². The molecular formula is C18H14ClNO3. The molecule has 0 bridgehead atoms. The van der Waals surface area contributed by atoms with Crippen LogP contribution in [-0.2, 0) is 11.2 Å². The van der Waals surface area contributed by atoms with Gasteiger partial charge in [-0.05, 0) is 12.1 Å². The Bertz CT molecular complexity index is 799. The largest absolute Gasteiger partial charge is 0.441 e. The molecule has 0 aliphatic heterocycles. The molecule has 4 nitrogen and oxygen atoms in total. The molecule has 0 amide bonds. The van der Waals surface area contributed by atoms with Gasteiger partial charge in [-0.1, -0.05) is 54.1 Å². The Labute approximate surface area is 138 Å². The van der Waals surface area contributed by atoms with Crippen LogP contribution in [0.1, 0.15) is 12.3 Å². The number of carbonyl (C=O) groups excluding carboxylic acids is 1. The predicted molar refractivity (Wildman–Crippen MR) is 87.3 cm³/mol. The summed E-state index contributed by atoms with van der Waals surface area (Å²) in [6, 6.07) is 16.5. The number of aryl methyl sites for hydroxylation is 1. The molecule has 0 N–H and O–H groups in total. The summed E-state index contributed by atoms with van der Waals surface area (Å²) in [5, 5.41) is 0.406. The number of nitrogens with zero attached hydrogens (tertiary/aromatic N) is 1. The highest BCUT2D eigenvalue weighted by Gasteiger charge is 2.11. The van der Waals surface area contributed by atoms with Gasteiger partial charge < -0.3 is 9.15 Å². The van der Waals surface area contributed by atoms with Gasteiger partial charge in [-0.15, -0.1) is 0 Å². The molecule has 0 aliphatic carbocycles. The first-order chi connectivity index (χ1) is 11.2. The summed E-state index contributed by atoms with van der Waals surface area (Å²) in [6.45, 7) is 0. The molecule has 0 aliphatic rings. The number of hydrogen-bond donors (Lipinski definition) is 0. The number of carbonyl (C=O) groups is 1. The predicted octanol–water partition coefficient (Wildman–Crippen LogP) is 4.53. The third kappa shape index (κ3) is 3.99. The van der Waals surface area contributed by atoms with Crippen LogP contribution in [0, 0.1) is 0 Å². The monoisotopic (exact) mass is 327 g/mol. The van der Waals surface area contributed by atoms with E-state index in [0.717, 1.165) is 5.56 Å². The first kappa shape index (κ1) is 15.3. The summed E-state index contributed by atoms with van der Waals surface area (Å²) in [5.74, 6) is 1.16. The van der Waals surface area contributed by atoms with E-state index in [-0.39, 0.29) is 12.4 Å². The zero-order valence-electron chi connectivity index (χ0n) is 12.2. The molecule has 0 saturated heterocycles. The van der Waals surface area contributed by atoms with Crippen LogP contribution in [0.15, 0.2) is 65.2 Å². The molecule has 3 aromatic rings. The molecule has 0 saturated carbocycles. The molecule has 0 unspecified atom stereocenters. The second-order valence-corrected chi connectivity index (χ2v) is 5.30. The van der Waals surface area contributed by atoms with E-state index in [0.29, 0.717) is 28.8 Å². The molecule has 23 heavy (non-hydrogen) atoms. The second kappa shape index (κ2) is 7.11. The van der Waals surface area contributed by atoms with Gasteiger partial charge in [0.2, 0.25) is 0 Å². The van der Waals surface area contributed by atoms with Gasteiger partial charge in [0.05, 0.1) is 17.6 Å². The molecule has 3 rings (SSSR count). The molecule has 1 heterocycles. The van der Waals surface area contributed by atoms with E-state index >= 15 is 0 Å². The summed E-state index contributed by atoms with van der Waals surface area (Å²) < 4.78 is 10.9. The number of esters is 1. The highest BCUT2D eigenvalue weighted by Crippen LogP contribution is 2.24. The van der Waals surface area contributed by atoms with E-state index in [1.165, 1.54) is 0 Å². The van der Waals surface area contributed by atoms with Crippen LogP contribution in [0.4, 0.5) is 0 Å². The summed E-state index contributed by atoms with van der Waals surface area (Å²) in [7, 11) is 0. The van der Waals surface area contributed by atoms with E-state index in [9.17, 15) is 4.79 Å². The Morgan fingerprint density at radius 3 is 2.61 bits per heavy atom. The number of ether oxygens (including phenoxy) is 1. The first-order valence-electron chi connectivity index (χ1n) is 7.18. The minimum absolute atomic E-state index is 0.167. The second-order valence-electron chi connectivity index (χ2n) is 4.89. The van der Waals surface area contributed by atoms with Crippen LogP contribution in [0.3, 0.4) is 0 Å². The van der Waals surface area contributed by atoms with Crippen molar-refractivity contribution in [2.45, 2.75) is 12.8 Å². The van der Waals surface area contributed by atoms with Gasteiger partial charge in [0.25, 0.3) is 0 Å². The number of oxazole rings is 1. The van der Waals surface area contributed by atoms with Crippen LogP contribution < -0.4 is 4.74 Å². The van der Waals surface area contributed by atoms with Crippen LogP contribution >= 0.6 is 11.6 Å². The summed E-state index contributed by atoms with van der Waals surface area (Å²) in [5.41, 5.74) is 0.949. The minimum Gasteiger partial charge on any atom is -0.441 e. The lowest BCUT2D eigenvalue weighted by Crippen LogP contribution is -2.09. The number of halogens is 1. The lowest BCUT2D eigenvalue weighted by atomic mass is 10.2. The summed E-state index contributed by atoms with van der Waals surface area (Å²) in [4.78, 5) is 16.1. The number of aromatic nitrogens is 1. The van der Waals surface area contributed by atoms with Crippen molar-refractivity contribution in [2.24, 2.45) is 0 Å². The fourth-order valence-electron chi connectivity index (χ4n) is 2.07. The number of rotatable bonds is 5. The smallest absolute Gasteiger partial charge is 0.311 e. The van der Waals surface area contributed by atoms with Crippen molar-refractivity contribution in [3.05, 3.63) is 71.7 Å². The van der Waals surface area contributed by atoms with Gasteiger partial charge in [-0.2, -0.15) is 0 Å². The van der Waals surface area contributed by atoms with Crippen molar-refractivity contribution in [2.75, 3.05) is 0 Å². The Balaban J connectivity index is 1.58. The normalized spacial score (nSPS) is 10.5. The van der Waals surface area contributed by atoms with E-state index in [2.05, 4.69) is 4.98 Å². The van der Waals surface area contributed by atoms with Gasteiger partial charge in [0, 0.05) is 12.0 Å². The summed E-state index contributed by atoms with van der Waals surface area (Å²) in [6.07, 6.45) is 2.19. The third-order valence-electron chi connectivity index (χ3n) is 3.22. The van der Waals surface area contributed by atoms with Gasteiger partial charge >= 0.3 is 5.97 Å². The minimum atomic E-state index is -0.377. The number of para-hydroxylation sites is 1. The molecule has 1 aromatic heterocycles. The highest BCUT2D eigenvalue weighted by molar-refractivity contribution is 6.32. The van der Waals surface area contributed by atoms with E-state index < -0.39 is 0 Å². The molecule has 0 spiro atoms. The van der Waals surface area contributed by atoms with Crippen LogP contribution in [0.25, 0.3) is 11.3 Å². The molecule has 2 aromatic carbocycles. The standard InChI is InChI=1S/C18H14ClNO3/c19-14-8-4-5-9-15(14)23-18(21)11-10-17-20-12-16(22-17)13-6-2-1-3-7-13/h1-9,12H,10-11H2. The Morgan fingerprint density at radius 2 is 1.83 bits per heavy atom. The van der Waals surface area contributed by atoms with Gasteiger partial charge in [-0.25, -0.2) is 4.98 Å². The Hall–Kier alpha value is -2.59. The van der Waals surface area contributed by atoms with Crippen LogP contribution in [0.5, 0.6) is 5.75 Å². The van der Waals surface area contributed by atoms with Crippen molar-refractivity contribution >= 4 is 17.6 Å². The zero-order valence-corrected chi connectivity index (χ0v) is 13.0. The quantitative estimate of drug-likeness (QED) is 0.510. The SMILES string of the molecule is O=C(CCc1ncc(-c2ccccc2)o1)Oc1ccccc1Cl. The van der Waals surface area contributed by atoms with Crippen molar-refractivity contribution < 1.29 is 13.9 Å². The maximum Gasteiger partial charge on any atom is 0.311 e. The zero-order chi connectivity index (χ0) is 16.1. The van der Waals surface area contributed by atoms with Crippen LogP contribution in [-0.4, -0.2) is 11.0 Å². The maximum absolute atomic E-state index is 11.9. The van der Waals surface area contributed by atoms with E-state index in [1.807, 2.05) is 30.3 Å². The van der Waals surface area contributed by atoms with Crippen molar-refractivity contribution in [1.82, 2.24) is 4.98 Å². The third-order valence-corrected chi connectivity index (χ3v) is 3.53. The van der Waals surface area contributed by atoms with Gasteiger partial charge in [0.1, 0.15) is 5.75 Å². The van der Waals surface area contributed by atoms with Crippen LogP contribution in [0.2, 0.25) is 5.02 Å². The first-order valence-corrected chi connectivity index (χ1v) is 7.55. The Morgan fingerprint density at radius 1 is 1.09 bits per heavy atom. The summed E-state index contributed by atoms with van der Waals surface area (Å²) >= 11 is 5.95. The average Bonchev–Trinajstić information content (AvgIpc) is 3.05. The average molecular weight is 328 g/mol. The molecule has 0 fully saturated rings. The molecule has 5 heteroatoms. The van der Waals surface area contributed by atoms with E-state index in [4.69, 9.17) is 20.8 Å². The highest BCUT2D eigenvalue weighted by atomic mass is 35.5. The maximum atomic E-state index is 11.9. The number of hydrogen-bond acceptors (Lipinski definition) is 4. The van der Waals surface area contributed by atoms with Gasteiger partial charge in [-0.3, -0.25) is 4.79 Å². The number of benzene rings is 2. The van der Waals surface area contributed by atoms with Crippen molar-refractivity contribution in [3.63, 3.8) is 0 Å². The fraction of sp³-hybridized carbons (Fsp3) is 0.111. The van der Waals surface area contributed by atoms with Crippen molar-refractivity contribution in [3.8, 4) is 17.1 Å². The molecule has 0 atom stereocenters.